The van der Waals surface area contributed by atoms with Crippen LogP contribution in [0.5, 0.6) is 0 Å². The summed E-state index contributed by atoms with van der Waals surface area (Å²) >= 11 is 0. The minimum absolute atomic E-state index is 0.0409. The van der Waals surface area contributed by atoms with E-state index in [2.05, 4.69) is 23.0 Å². The lowest BCUT2D eigenvalue weighted by Gasteiger charge is -2.14. The Labute approximate surface area is 163 Å². The van der Waals surface area contributed by atoms with Gasteiger partial charge in [-0.3, -0.25) is 9.79 Å². The van der Waals surface area contributed by atoms with E-state index in [4.69, 9.17) is 16.1 Å². The molecule has 0 unspecified atom stereocenters. The van der Waals surface area contributed by atoms with Gasteiger partial charge in [0.05, 0.1) is 23.5 Å². The zero-order valence-corrected chi connectivity index (χ0v) is 16.0. The second-order valence-electron chi connectivity index (χ2n) is 7.06. The van der Waals surface area contributed by atoms with Crippen LogP contribution < -0.4 is 0 Å². The third-order valence-corrected chi connectivity index (χ3v) is 5.01. The summed E-state index contributed by atoms with van der Waals surface area (Å²) in [6, 6.07) is 13.1. The molecule has 0 bridgehead atoms. The van der Waals surface area contributed by atoms with Gasteiger partial charge in [-0.15, -0.1) is 0 Å². The van der Waals surface area contributed by atoms with Gasteiger partial charge in [0.1, 0.15) is 11.8 Å². The average molecular weight is 369 g/mol. The molecule has 5 nitrogen and oxygen atoms in total. The van der Waals surface area contributed by atoms with Crippen molar-refractivity contribution in [1.29, 1.82) is 0 Å². The highest BCUT2D eigenvalue weighted by molar-refractivity contribution is 6.18. The van der Waals surface area contributed by atoms with E-state index in [-0.39, 0.29) is 12.2 Å². The number of carbonyl (C=O) groups is 1. The van der Waals surface area contributed by atoms with E-state index < -0.39 is 6.04 Å². The van der Waals surface area contributed by atoms with Crippen LogP contribution in [0, 0.1) is 20.4 Å². The Morgan fingerprint density at radius 1 is 1.14 bits per heavy atom. The van der Waals surface area contributed by atoms with Crippen molar-refractivity contribution in [3.63, 3.8) is 0 Å². The van der Waals surface area contributed by atoms with E-state index in [1.54, 1.807) is 19.1 Å². The molecule has 1 aliphatic heterocycles. The first-order valence-corrected chi connectivity index (χ1v) is 9.11. The number of carbonyl (C=O) groups excluding carboxylic acids is 1. The van der Waals surface area contributed by atoms with Crippen LogP contribution >= 0.6 is 0 Å². The topological polar surface area (TPSA) is 59.8 Å². The standard InChI is InChI=1S/C23H19N3O2/c1-13-6-5-7-18-20(13)22(16-8-10-17(24-4)11-9-16)25-19(12-14(2)27)23-21(18)15(3)26-28-23/h5-11,19H,12H2,1-3H3/t19-/m0/s1. The van der Waals surface area contributed by atoms with Crippen molar-refractivity contribution in [1.82, 2.24) is 5.16 Å². The predicted molar refractivity (Wildman–Crippen MR) is 108 cm³/mol. The highest BCUT2D eigenvalue weighted by atomic mass is 16.5. The van der Waals surface area contributed by atoms with Crippen molar-refractivity contribution >= 4 is 17.2 Å². The fourth-order valence-corrected chi connectivity index (χ4v) is 3.74. The molecule has 0 spiro atoms. The molecule has 2 aromatic carbocycles. The monoisotopic (exact) mass is 369 g/mol. The first kappa shape index (κ1) is 17.9. The molecule has 0 aliphatic carbocycles. The Bertz CT molecular complexity index is 1150. The minimum atomic E-state index is -0.434. The van der Waals surface area contributed by atoms with E-state index in [9.17, 15) is 4.79 Å². The number of hydrogen-bond donors (Lipinski definition) is 0. The van der Waals surface area contributed by atoms with Crippen molar-refractivity contribution in [3.8, 4) is 11.1 Å². The maximum atomic E-state index is 11.9. The van der Waals surface area contributed by atoms with Gasteiger partial charge >= 0.3 is 0 Å². The van der Waals surface area contributed by atoms with Crippen LogP contribution in [0.2, 0.25) is 0 Å². The molecule has 0 amide bonds. The maximum Gasteiger partial charge on any atom is 0.187 e. The lowest BCUT2D eigenvalue weighted by atomic mass is 9.89. The van der Waals surface area contributed by atoms with Gasteiger partial charge < -0.3 is 4.52 Å². The van der Waals surface area contributed by atoms with E-state index in [1.165, 1.54) is 0 Å². The van der Waals surface area contributed by atoms with Crippen LogP contribution in [0.15, 0.2) is 52.0 Å². The van der Waals surface area contributed by atoms with Gasteiger partial charge in [0.25, 0.3) is 0 Å². The Morgan fingerprint density at radius 2 is 1.89 bits per heavy atom. The highest BCUT2D eigenvalue weighted by Gasteiger charge is 2.31. The van der Waals surface area contributed by atoms with E-state index >= 15 is 0 Å². The van der Waals surface area contributed by atoms with Crippen LogP contribution in [0.25, 0.3) is 16.0 Å². The van der Waals surface area contributed by atoms with Crippen LogP contribution in [0.1, 0.15) is 47.5 Å². The zero-order chi connectivity index (χ0) is 19.8. The number of ketones is 1. The van der Waals surface area contributed by atoms with Crippen LogP contribution in [-0.2, 0) is 4.79 Å². The smallest absolute Gasteiger partial charge is 0.187 e. The van der Waals surface area contributed by atoms with Crippen molar-refractivity contribution in [2.45, 2.75) is 33.2 Å². The first-order chi connectivity index (χ1) is 13.5. The maximum absolute atomic E-state index is 11.9. The average Bonchev–Trinajstić information content (AvgIpc) is 3.00. The molecule has 138 valence electrons. The van der Waals surface area contributed by atoms with E-state index in [0.29, 0.717) is 11.4 Å². The van der Waals surface area contributed by atoms with Crippen LogP contribution in [0.4, 0.5) is 5.69 Å². The molecule has 0 radical (unpaired) electrons. The number of aliphatic imine (C=N–C) groups is 1. The summed E-state index contributed by atoms with van der Waals surface area (Å²) in [5.41, 5.74) is 7.10. The Kier molecular flexibility index (Phi) is 4.40. The van der Waals surface area contributed by atoms with Crippen molar-refractivity contribution in [2.24, 2.45) is 4.99 Å². The van der Waals surface area contributed by atoms with Crippen LogP contribution in [0.3, 0.4) is 0 Å². The van der Waals surface area contributed by atoms with Gasteiger partial charge in [-0.2, -0.15) is 0 Å². The van der Waals surface area contributed by atoms with Gasteiger partial charge in [-0.25, -0.2) is 4.85 Å². The zero-order valence-electron chi connectivity index (χ0n) is 16.0. The number of aromatic nitrogens is 1. The van der Waals surface area contributed by atoms with Gasteiger partial charge in [0, 0.05) is 12.0 Å². The molecule has 5 heteroatoms. The molecule has 0 saturated heterocycles. The second kappa shape index (κ2) is 6.90. The summed E-state index contributed by atoms with van der Waals surface area (Å²) in [6.45, 7) is 12.7. The molecule has 1 aliphatic rings. The largest absolute Gasteiger partial charge is 0.358 e. The molecule has 28 heavy (non-hydrogen) atoms. The summed E-state index contributed by atoms with van der Waals surface area (Å²) in [6.07, 6.45) is 0.248. The SMILES string of the molecule is [C-]#[N+]c1ccc(C2=N[C@@H](CC(C)=O)c3onc(C)c3-c3cccc(C)c32)cc1. The molecular formula is C23H19N3O2. The van der Waals surface area contributed by atoms with Crippen molar-refractivity contribution in [2.75, 3.05) is 0 Å². The predicted octanol–water partition coefficient (Wildman–Crippen LogP) is 5.38. The molecular weight excluding hydrogens is 350 g/mol. The number of fused-ring (bicyclic) bond motifs is 3. The quantitative estimate of drug-likeness (QED) is 0.582. The third-order valence-electron chi connectivity index (χ3n) is 5.01. The molecule has 0 N–H and O–H groups in total. The van der Waals surface area contributed by atoms with E-state index in [0.717, 1.165) is 39.2 Å². The van der Waals surface area contributed by atoms with Crippen molar-refractivity contribution < 1.29 is 9.32 Å². The number of Topliss-reactive ketones (excluding diaryl/α,β-unsaturated/α-hetero) is 1. The number of hydrogen-bond acceptors (Lipinski definition) is 4. The Hall–Kier alpha value is -3.52. The Morgan fingerprint density at radius 3 is 2.57 bits per heavy atom. The van der Waals surface area contributed by atoms with Gasteiger partial charge in [-0.05, 0) is 37.5 Å². The molecule has 0 saturated carbocycles. The number of aryl methyl sites for hydroxylation is 2. The fourth-order valence-electron chi connectivity index (χ4n) is 3.74. The lowest BCUT2D eigenvalue weighted by Crippen LogP contribution is -2.09. The second-order valence-corrected chi connectivity index (χ2v) is 7.06. The molecule has 2 heterocycles. The third kappa shape index (κ3) is 2.93. The summed E-state index contributed by atoms with van der Waals surface area (Å²) in [7, 11) is 0. The van der Waals surface area contributed by atoms with Crippen molar-refractivity contribution in [3.05, 3.63) is 82.0 Å². The van der Waals surface area contributed by atoms with Gasteiger partial charge in [0.15, 0.2) is 11.4 Å². The Balaban J connectivity index is 2.02. The minimum Gasteiger partial charge on any atom is -0.358 e. The fraction of sp³-hybridized carbons (Fsp3) is 0.217. The summed E-state index contributed by atoms with van der Waals surface area (Å²) in [5, 5.41) is 4.16. The number of benzene rings is 2. The molecule has 1 aromatic heterocycles. The van der Waals surface area contributed by atoms with Gasteiger partial charge in [0.2, 0.25) is 0 Å². The first-order valence-electron chi connectivity index (χ1n) is 9.11. The number of rotatable bonds is 3. The summed E-state index contributed by atoms with van der Waals surface area (Å²) in [5.74, 6) is 0.673. The van der Waals surface area contributed by atoms with Crippen LogP contribution in [-0.4, -0.2) is 16.7 Å². The lowest BCUT2D eigenvalue weighted by molar-refractivity contribution is -0.117. The summed E-state index contributed by atoms with van der Waals surface area (Å²) in [4.78, 5) is 20.4. The van der Waals surface area contributed by atoms with E-state index in [1.807, 2.05) is 31.2 Å². The highest BCUT2D eigenvalue weighted by Crippen LogP contribution is 2.41. The number of nitrogens with zero attached hydrogens (tertiary/aromatic N) is 3. The summed E-state index contributed by atoms with van der Waals surface area (Å²) < 4.78 is 5.65. The molecule has 4 rings (SSSR count). The van der Waals surface area contributed by atoms with Gasteiger partial charge in [-0.1, -0.05) is 47.6 Å². The normalized spacial score (nSPS) is 15.1. The molecule has 0 fully saturated rings. The molecule has 1 atom stereocenters. The molecule has 3 aromatic rings.